The Morgan fingerprint density at radius 3 is 2.76 bits per heavy atom. The summed E-state index contributed by atoms with van der Waals surface area (Å²) < 4.78 is 53.1. The minimum Gasteiger partial charge on any atom is -0.373 e. The van der Waals surface area contributed by atoms with Crippen LogP contribution in [-0.2, 0) is 11.0 Å². The van der Waals surface area contributed by atoms with Gasteiger partial charge in [0.1, 0.15) is 29.7 Å². The summed E-state index contributed by atoms with van der Waals surface area (Å²) in [6.45, 7) is 1.34. The summed E-state index contributed by atoms with van der Waals surface area (Å²) in [5, 5.41) is 6.81. The molecule has 1 aromatic carbocycles. The molecule has 1 amide bonds. The Balaban J connectivity index is 1.29. The van der Waals surface area contributed by atoms with Gasteiger partial charge in [0, 0.05) is 31.0 Å². The molecule has 180 valence electrons. The highest BCUT2D eigenvalue weighted by Gasteiger charge is 2.38. The van der Waals surface area contributed by atoms with Crippen LogP contribution in [-0.4, -0.2) is 46.0 Å². The topological polar surface area (TPSA) is 85.9 Å². The summed E-state index contributed by atoms with van der Waals surface area (Å²) in [5.41, 5.74) is -0.406. The van der Waals surface area contributed by atoms with Crippen molar-refractivity contribution in [3.63, 3.8) is 0 Å². The molecular weight excluding hydrogens is 452 g/mol. The third kappa shape index (κ3) is 4.78. The number of aromatic amines is 1. The predicted octanol–water partition coefficient (Wildman–Crippen LogP) is 4.09. The second kappa shape index (κ2) is 8.77. The number of benzene rings is 1. The average molecular weight is 476 g/mol. The quantitative estimate of drug-likeness (QED) is 0.467. The number of rotatable bonds is 6. The first kappa shape index (κ1) is 22.4. The Kier molecular flexibility index (Phi) is 5.78. The molecule has 3 heterocycles. The molecule has 2 aliphatic rings. The summed E-state index contributed by atoms with van der Waals surface area (Å²) in [6, 6.07) is 3.31. The number of carbonyl (C=O) groups excluding carboxylic acids is 1. The first-order chi connectivity index (χ1) is 16.3. The number of anilines is 2. The number of hydrogen-bond acceptors (Lipinski definition) is 5. The zero-order chi connectivity index (χ0) is 23.9. The van der Waals surface area contributed by atoms with Crippen LogP contribution in [0.15, 0.2) is 36.8 Å². The molecule has 2 atom stereocenters. The van der Waals surface area contributed by atoms with Crippen LogP contribution in [0.3, 0.4) is 0 Å². The maximum Gasteiger partial charge on any atom is 0.416 e. The Morgan fingerprint density at radius 2 is 2.00 bits per heavy atom. The molecule has 34 heavy (non-hydrogen) atoms. The van der Waals surface area contributed by atoms with Gasteiger partial charge in [-0.1, -0.05) is 0 Å². The van der Waals surface area contributed by atoms with Crippen molar-refractivity contribution in [3.05, 3.63) is 48.2 Å². The molecule has 7 nitrogen and oxygen atoms in total. The van der Waals surface area contributed by atoms with Crippen molar-refractivity contribution >= 4 is 28.4 Å². The van der Waals surface area contributed by atoms with Crippen molar-refractivity contribution in [3.8, 4) is 0 Å². The van der Waals surface area contributed by atoms with Crippen molar-refractivity contribution in [2.24, 2.45) is 5.92 Å². The van der Waals surface area contributed by atoms with Gasteiger partial charge in [-0.15, -0.1) is 0 Å². The van der Waals surface area contributed by atoms with E-state index < -0.39 is 23.6 Å². The molecule has 0 bridgehead atoms. The summed E-state index contributed by atoms with van der Waals surface area (Å²) in [7, 11) is 0. The maximum atomic E-state index is 13.8. The molecule has 1 unspecified atom stereocenters. The Bertz CT molecular complexity index is 1190. The van der Waals surface area contributed by atoms with E-state index in [-0.39, 0.29) is 23.6 Å². The van der Waals surface area contributed by atoms with Gasteiger partial charge >= 0.3 is 6.18 Å². The number of fused-ring (bicyclic) bond motifs is 1. The standard InChI is InChI=1S/C23H24F4N6O/c24-15-8-14(23(25,26)27)9-17(10-15)31-19(13-3-4-13)22(34)32-16-2-1-7-33(11-16)21-18-5-6-28-20(18)29-12-30-21/h5-6,8-10,12-13,16,19,31H,1-4,7,11H2,(H,32,34)(H,28,29,30)/t16?,19-/m1/s1. The number of piperidine rings is 1. The third-order valence-electron chi connectivity index (χ3n) is 6.32. The molecule has 0 spiro atoms. The number of nitrogens with zero attached hydrogens (tertiary/aromatic N) is 3. The number of hydrogen-bond donors (Lipinski definition) is 3. The molecule has 1 aliphatic carbocycles. The van der Waals surface area contributed by atoms with E-state index >= 15 is 0 Å². The minimum atomic E-state index is -4.67. The van der Waals surface area contributed by atoms with E-state index in [0.29, 0.717) is 12.6 Å². The second-order valence-electron chi connectivity index (χ2n) is 8.92. The molecule has 1 saturated carbocycles. The molecule has 1 saturated heterocycles. The lowest BCUT2D eigenvalue weighted by Gasteiger charge is -2.35. The molecule has 5 rings (SSSR count). The van der Waals surface area contributed by atoms with E-state index in [1.165, 1.54) is 6.33 Å². The van der Waals surface area contributed by atoms with Gasteiger partial charge in [-0.25, -0.2) is 14.4 Å². The van der Waals surface area contributed by atoms with Crippen LogP contribution >= 0.6 is 0 Å². The van der Waals surface area contributed by atoms with Gasteiger partial charge in [-0.2, -0.15) is 13.2 Å². The zero-order valence-electron chi connectivity index (χ0n) is 18.2. The van der Waals surface area contributed by atoms with Crippen molar-refractivity contribution in [2.75, 3.05) is 23.3 Å². The van der Waals surface area contributed by atoms with Crippen molar-refractivity contribution < 1.29 is 22.4 Å². The molecule has 2 aromatic heterocycles. The Labute approximate surface area is 193 Å². The van der Waals surface area contributed by atoms with Crippen LogP contribution in [0.4, 0.5) is 29.1 Å². The van der Waals surface area contributed by atoms with E-state index in [9.17, 15) is 22.4 Å². The van der Waals surface area contributed by atoms with Crippen LogP contribution in [0.25, 0.3) is 11.0 Å². The van der Waals surface area contributed by atoms with E-state index in [4.69, 9.17) is 0 Å². The van der Waals surface area contributed by atoms with E-state index in [1.807, 2.05) is 6.07 Å². The lowest BCUT2D eigenvalue weighted by molar-refractivity contribution is -0.137. The molecule has 2 fully saturated rings. The number of H-pyrrole nitrogens is 1. The van der Waals surface area contributed by atoms with Gasteiger partial charge in [0.25, 0.3) is 0 Å². The third-order valence-corrected chi connectivity index (χ3v) is 6.32. The van der Waals surface area contributed by atoms with Crippen LogP contribution < -0.4 is 15.5 Å². The van der Waals surface area contributed by atoms with Crippen molar-refractivity contribution in [1.82, 2.24) is 20.3 Å². The van der Waals surface area contributed by atoms with E-state index in [1.54, 1.807) is 6.20 Å². The van der Waals surface area contributed by atoms with Crippen molar-refractivity contribution in [2.45, 2.75) is 43.9 Å². The van der Waals surface area contributed by atoms with Gasteiger partial charge in [0.15, 0.2) is 0 Å². The SMILES string of the molecule is O=C(NC1CCCN(c2ncnc3[nH]ccc23)C1)[C@H](Nc1cc(F)cc(C(F)(F)F)c1)C1CC1. The highest BCUT2D eigenvalue weighted by atomic mass is 19.4. The minimum absolute atomic E-state index is 0.00126. The first-order valence-electron chi connectivity index (χ1n) is 11.3. The fraction of sp³-hybridized carbons (Fsp3) is 0.435. The summed E-state index contributed by atoms with van der Waals surface area (Å²) in [5.74, 6) is -0.502. The second-order valence-corrected chi connectivity index (χ2v) is 8.92. The van der Waals surface area contributed by atoms with Crippen LogP contribution in [0, 0.1) is 11.7 Å². The lowest BCUT2D eigenvalue weighted by atomic mass is 10.0. The summed E-state index contributed by atoms with van der Waals surface area (Å²) in [4.78, 5) is 26.9. The zero-order valence-corrected chi connectivity index (χ0v) is 18.2. The first-order valence-corrected chi connectivity index (χ1v) is 11.3. The number of aromatic nitrogens is 3. The monoisotopic (exact) mass is 476 g/mol. The smallest absolute Gasteiger partial charge is 0.373 e. The predicted molar refractivity (Wildman–Crippen MR) is 119 cm³/mol. The molecule has 3 aromatic rings. The van der Waals surface area contributed by atoms with Crippen LogP contribution in [0.1, 0.15) is 31.2 Å². The maximum absolute atomic E-state index is 13.8. The van der Waals surface area contributed by atoms with Gasteiger partial charge in [0.2, 0.25) is 5.91 Å². The van der Waals surface area contributed by atoms with Crippen LogP contribution in [0.5, 0.6) is 0 Å². The normalized spacial score (nSPS) is 19.8. The Morgan fingerprint density at radius 1 is 1.18 bits per heavy atom. The number of amides is 1. The van der Waals surface area contributed by atoms with Gasteiger partial charge < -0.3 is 20.5 Å². The lowest BCUT2D eigenvalue weighted by Crippen LogP contribution is -2.52. The summed E-state index contributed by atoms with van der Waals surface area (Å²) >= 11 is 0. The number of carbonyl (C=O) groups is 1. The summed E-state index contributed by atoms with van der Waals surface area (Å²) in [6.07, 6.45) is 1.82. The van der Waals surface area contributed by atoms with Gasteiger partial charge in [-0.05, 0) is 55.9 Å². The number of halogens is 4. The highest BCUT2D eigenvalue weighted by Crippen LogP contribution is 2.36. The molecule has 11 heteroatoms. The van der Waals surface area contributed by atoms with Gasteiger partial charge in [0.05, 0.1) is 10.9 Å². The van der Waals surface area contributed by atoms with E-state index in [0.717, 1.165) is 61.2 Å². The average Bonchev–Trinajstić information content (AvgIpc) is 3.51. The molecule has 1 aliphatic heterocycles. The fourth-order valence-corrected chi connectivity index (χ4v) is 4.53. The fourth-order valence-electron chi connectivity index (χ4n) is 4.53. The number of alkyl halides is 3. The number of nitrogens with one attached hydrogen (secondary N) is 3. The molecule has 0 radical (unpaired) electrons. The van der Waals surface area contributed by atoms with Crippen LogP contribution in [0.2, 0.25) is 0 Å². The largest absolute Gasteiger partial charge is 0.416 e. The van der Waals surface area contributed by atoms with Gasteiger partial charge in [-0.3, -0.25) is 4.79 Å². The Hall–Kier alpha value is -3.37. The highest BCUT2D eigenvalue weighted by molar-refractivity contribution is 5.88. The molecule has 3 N–H and O–H groups in total. The van der Waals surface area contributed by atoms with E-state index in [2.05, 4.69) is 30.5 Å². The molecular formula is C23H24F4N6O. The van der Waals surface area contributed by atoms with Crippen molar-refractivity contribution in [1.29, 1.82) is 0 Å².